The molecule has 3 aliphatic carbocycles. The normalized spacial score (nSPS) is 34.2. The number of hydrogen-bond donors (Lipinski definition) is 0. The second kappa shape index (κ2) is 4.33. The summed E-state index contributed by atoms with van der Waals surface area (Å²) in [4.78, 5) is 0. The Balaban J connectivity index is 2.28. The molecular formula is C16H14N4O. The molecule has 0 saturated heterocycles. The van der Waals surface area contributed by atoms with Gasteiger partial charge in [-0.15, -0.1) is 0 Å². The predicted molar refractivity (Wildman–Crippen MR) is 70.6 cm³/mol. The fraction of sp³-hybridized carbons (Fsp3) is 0.625. The summed E-state index contributed by atoms with van der Waals surface area (Å²) in [5.41, 5.74) is -1.28. The van der Waals surface area contributed by atoms with Gasteiger partial charge in [-0.3, -0.25) is 0 Å². The molecule has 0 unspecified atom stereocenters. The number of fused-ring (bicyclic) bond motifs is 4. The van der Waals surface area contributed by atoms with Crippen LogP contribution in [0, 0.1) is 68.0 Å². The van der Waals surface area contributed by atoms with Crippen LogP contribution < -0.4 is 0 Å². The summed E-state index contributed by atoms with van der Waals surface area (Å²) in [6.07, 6.45) is 2.55. The van der Waals surface area contributed by atoms with Crippen molar-refractivity contribution in [3.05, 3.63) is 11.1 Å². The molecule has 3 aliphatic rings. The van der Waals surface area contributed by atoms with Crippen molar-refractivity contribution in [3.8, 4) is 24.3 Å². The Bertz CT molecular complexity index is 666. The fourth-order valence-electron chi connectivity index (χ4n) is 4.51. The number of ether oxygens (including phenoxy) is 1. The van der Waals surface area contributed by atoms with Crippen LogP contribution in [0.25, 0.3) is 0 Å². The quantitative estimate of drug-likeness (QED) is 0.684. The van der Waals surface area contributed by atoms with Gasteiger partial charge < -0.3 is 4.74 Å². The van der Waals surface area contributed by atoms with Gasteiger partial charge in [-0.2, -0.15) is 21.0 Å². The van der Waals surface area contributed by atoms with E-state index in [9.17, 15) is 21.0 Å². The van der Waals surface area contributed by atoms with Crippen LogP contribution in [-0.2, 0) is 4.74 Å². The molecule has 5 nitrogen and oxygen atoms in total. The van der Waals surface area contributed by atoms with E-state index in [4.69, 9.17) is 4.74 Å². The van der Waals surface area contributed by atoms with Gasteiger partial charge >= 0.3 is 0 Å². The highest BCUT2D eigenvalue weighted by Gasteiger charge is 2.66. The van der Waals surface area contributed by atoms with Crippen LogP contribution in [-0.4, -0.2) is 13.2 Å². The van der Waals surface area contributed by atoms with E-state index in [0.29, 0.717) is 11.8 Å². The molecule has 21 heavy (non-hydrogen) atoms. The summed E-state index contributed by atoms with van der Waals surface area (Å²) < 4.78 is 5.51. The number of nitriles is 4. The highest BCUT2D eigenvalue weighted by molar-refractivity contribution is 5.50. The molecule has 5 heteroatoms. The van der Waals surface area contributed by atoms with Gasteiger partial charge in [0, 0.05) is 13.5 Å². The Morgan fingerprint density at radius 2 is 1.62 bits per heavy atom. The van der Waals surface area contributed by atoms with Gasteiger partial charge in [0.15, 0.2) is 5.41 Å². The minimum Gasteiger partial charge on any atom is -0.374 e. The van der Waals surface area contributed by atoms with Crippen LogP contribution in [0.2, 0.25) is 0 Å². The molecule has 3 rings (SSSR count). The lowest BCUT2D eigenvalue weighted by Gasteiger charge is -2.44. The summed E-state index contributed by atoms with van der Waals surface area (Å²) in [6.45, 7) is 0. The largest absolute Gasteiger partial charge is 0.374 e. The maximum Gasteiger partial charge on any atom is 0.205 e. The Kier molecular flexibility index (Phi) is 2.81. The molecule has 0 aromatic heterocycles. The van der Waals surface area contributed by atoms with Crippen LogP contribution in [0.15, 0.2) is 11.1 Å². The molecule has 0 radical (unpaired) electrons. The predicted octanol–water partition coefficient (Wildman–Crippen LogP) is 2.20. The lowest BCUT2D eigenvalue weighted by Crippen LogP contribution is -2.52. The second-order valence-electron chi connectivity index (χ2n) is 6.14. The van der Waals surface area contributed by atoms with E-state index in [2.05, 4.69) is 0 Å². The molecule has 104 valence electrons. The fourth-order valence-corrected chi connectivity index (χ4v) is 4.51. The Morgan fingerprint density at radius 3 is 2.14 bits per heavy atom. The molecule has 0 aromatic carbocycles. The van der Waals surface area contributed by atoms with Crippen molar-refractivity contribution in [1.29, 1.82) is 21.0 Å². The van der Waals surface area contributed by atoms with Gasteiger partial charge in [0.2, 0.25) is 5.41 Å². The molecule has 1 saturated carbocycles. The molecule has 0 aliphatic heterocycles. The van der Waals surface area contributed by atoms with Crippen molar-refractivity contribution in [1.82, 2.24) is 0 Å². The third-order valence-electron chi connectivity index (χ3n) is 5.51. The molecule has 2 bridgehead atoms. The molecule has 0 N–H and O–H groups in total. The van der Waals surface area contributed by atoms with E-state index in [1.807, 2.05) is 24.3 Å². The number of allylic oxidation sites excluding steroid dienone is 1. The Morgan fingerprint density at radius 1 is 1.00 bits per heavy atom. The van der Waals surface area contributed by atoms with E-state index in [1.165, 1.54) is 7.11 Å². The van der Waals surface area contributed by atoms with Crippen LogP contribution in [0.3, 0.4) is 0 Å². The van der Waals surface area contributed by atoms with Crippen LogP contribution >= 0.6 is 0 Å². The number of methoxy groups -OCH3 is 1. The first-order valence-electron chi connectivity index (χ1n) is 7.03. The number of hydrogen-bond acceptors (Lipinski definition) is 5. The van der Waals surface area contributed by atoms with Crippen molar-refractivity contribution in [2.45, 2.75) is 31.8 Å². The third kappa shape index (κ3) is 1.35. The van der Waals surface area contributed by atoms with E-state index in [0.717, 1.165) is 30.4 Å². The number of rotatable bonds is 1. The number of nitrogens with zero attached hydrogens (tertiary/aromatic N) is 4. The zero-order valence-corrected chi connectivity index (χ0v) is 11.8. The van der Waals surface area contributed by atoms with E-state index in [-0.39, 0.29) is 6.42 Å². The van der Waals surface area contributed by atoms with Crippen LogP contribution in [0.5, 0.6) is 0 Å². The minimum atomic E-state index is -1.76. The second-order valence-corrected chi connectivity index (χ2v) is 6.14. The monoisotopic (exact) mass is 278 g/mol. The van der Waals surface area contributed by atoms with Crippen molar-refractivity contribution >= 4 is 0 Å². The molecule has 0 heterocycles. The minimum absolute atomic E-state index is 0.206. The first-order chi connectivity index (χ1) is 10.1. The van der Waals surface area contributed by atoms with Crippen molar-refractivity contribution in [3.63, 3.8) is 0 Å². The standard InChI is InChI=1S/C16H14N4O/c1-21-14-13-11-3-2-10(4-11)12(13)5-15(6-17,7-18)16(14,8-19)9-20/h10-11,14H,2-5H2,1H3/t10-,11+,14-/m1/s1. The van der Waals surface area contributed by atoms with Gasteiger partial charge in [-0.1, -0.05) is 5.57 Å². The molecule has 0 aromatic rings. The lowest BCUT2D eigenvalue weighted by molar-refractivity contribution is 0.0189. The van der Waals surface area contributed by atoms with Gasteiger partial charge in [0.25, 0.3) is 0 Å². The van der Waals surface area contributed by atoms with Gasteiger partial charge in [-0.05, 0) is 36.7 Å². The molecule has 3 atom stereocenters. The maximum atomic E-state index is 9.65. The Labute approximate surface area is 123 Å². The average Bonchev–Trinajstić information content (AvgIpc) is 3.13. The van der Waals surface area contributed by atoms with E-state index in [1.54, 1.807) is 0 Å². The summed E-state index contributed by atoms with van der Waals surface area (Å²) in [5, 5.41) is 38.5. The average molecular weight is 278 g/mol. The van der Waals surface area contributed by atoms with Crippen molar-refractivity contribution < 1.29 is 4.74 Å². The zero-order valence-electron chi connectivity index (χ0n) is 11.8. The summed E-state index contributed by atoms with van der Waals surface area (Å²) in [5.74, 6) is 0.727. The molecule has 0 amide bonds. The summed E-state index contributed by atoms with van der Waals surface area (Å²) in [6, 6.07) is 7.89. The van der Waals surface area contributed by atoms with Gasteiger partial charge in [-0.25, -0.2) is 0 Å². The van der Waals surface area contributed by atoms with Gasteiger partial charge in [0.05, 0.1) is 24.3 Å². The molecule has 1 fully saturated rings. The third-order valence-corrected chi connectivity index (χ3v) is 5.51. The van der Waals surface area contributed by atoms with E-state index < -0.39 is 16.9 Å². The smallest absolute Gasteiger partial charge is 0.205 e. The zero-order chi connectivity index (χ0) is 15.3. The topological polar surface area (TPSA) is 104 Å². The van der Waals surface area contributed by atoms with Crippen LogP contribution in [0.1, 0.15) is 25.7 Å². The highest BCUT2D eigenvalue weighted by Crippen LogP contribution is 2.62. The summed E-state index contributed by atoms with van der Waals surface area (Å²) in [7, 11) is 1.45. The highest BCUT2D eigenvalue weighted by atomic mass is 16.5. The lowest BCUT2D eigenvalue weighted by atomic mass is 9.54. The van der Waals surface area contributed by atoms with Crippen molar-refractivity contribution in [2.75, 3.05) is 7.11 Å². The summed E-state index contributed by atoms with van der Waals surface area (Å²) >= 11 is 0. The van der Waals surface area contributed by atoms with Crippen molar-refractivity contribution in [2.24, 2.45) is 22.7 Å². The van der Waals surface area contributed by atoms with E-state index >= 15 is 0 Å². The SMILES string of the molecule is CO[C@@H]1C2=C(CC(C#N)(C#N)C1(C#N)C#N)[C@@H]1CC[C@H]2C1. The molecular weight excluding hydrogens is 264 g/mol. The van der Waals surface area contributed by atoms with Gasteiger partial charge in [0.1, 0.15) is 6.10 Å². The van der Waals surface area contributed by atoms with Crippen LogP contribution in [0.4, 0.5) is 0 Å². The first-order valence-corrected chi connectivity index (χ1v) is 7.03. The Hall–Kier alpha value is -2.34. The molecule has 0 spiro atoms. The maximum absolute atomic E-state index is 9.65. The first kappa shape index (κ1) is 13.6.